The van der Waals surface area contributed by atoms with E-state index in [1.165, 1.54) is 9.75 Å². The first-order valence-electron chi connectivity index (χ1n) is 3.74. The Kier molecular flexibility index (Phi) is 2.29. The molecule has 0 aliphatic rings. The predicted molar refractivity (Wildman–Crippen MR) is 63.8 cm³/mol. The molecule has 0 amide bonds. The number of H-pyrrole nitrogens is 1. The van der Waals surface area contributed by atoms with Crippen molar-refractivity contribution in [1.82, 2.24) is 10.2 Å². The molecular weight excluding hydrogens is 297 g/mol. The van der Waals surface area contributed by atoms with Crippen LogP contribution in [0.4, 0.5) is 5.82 Å². The molecule has 0 aromatic carbocycles. The first-order valence-corrected chi connectivity index (χ1v) is 5.64. The highest BCUT2D eigenvalue weighted by Gasteiger charge is 2.10. The van der Waals surface area contributed by atoms with Crippen LogP contribution < -0.4 is 5.73 Å². The van der Waals surface area contributed by atoms with Gasteiger partial charge < -0.3 is 5.73 Å². The van der Waals surface area contributed by atoms with Gasteiger partial charge in [-0.3, -0.25) is 5.10 Å². The summed E-state index contributed by atoms with van der Waals surface area (Å²) < 4.78 is 0.999. The Morgan fingerprint density at radius 3 is 2.77 bits per heavy atom. The summed E-state index contributed by atoms with van der Waals surface area (Å²) in [5, 5.41) is 6.88. The Hall–Kier alpha value is -0.560. The number of nitrogen functional groups attached to an aromatic ring is 1. The summed E-state index contributed by atoms with van der Waals surface area (Å²) >= 11 is 3.94. The second kappa shape index (κ2) is 3.30. The standard InChI is InChI=1S/C8H8IN3S/c1-4-2-3-5(13-4)7-6(9)8(10)12-11-7/h2-3H,1H3,(H3,10,11,12). The molecule has 0 fully saturated rings. The van der Waals surface area contributed by atoms with Gasteiger partial charge in [0.25, 0.3) is 0 Å². The number of thiophene rings is 1. The maximum absolute atomic E-state index is 5.64. The van der Waals surface area contributed by atoms with Gasteiger partial charge in [-0.25, -0.2) is 0 Å². The van der Waals surface area contributed by atoms with Crippen LogP contribution >= 0.6 is 33.9 Å². The fraction of sp³-hybridized carbons (Fsp3) is 0.125. The summed E-state index contributed by atoms with van der Waals surface area (Å²) in [4.78, 5) is 2.48. The molecule has 0 aliphatic heterocycles. The maximum atomic E-state index is 5.64. The van der Waals surface area contributed by atoms with Crippen molar-refractivity contribution in [2.75, 3.05) is 5.73 Å². The summed E-state index contributed by atoms with van der Waals surface area (Å²) in [6.45, 7) is 2.08. The van der Waals surface area contributed by atoms with E-state index in [9.17, 15) is 0 Å². The minimum absolute atomic E-state index is 0.571. The molecule has 2 aromatic rings. The van der Waals surface area contributed by atoms with E-state index in [0.29, 0.717) is 5.82 Å². The number of aryl methyl sites for hydroxylation is 1. The summed E-state index contributed by atoms with van der Waals surface area (Å²) in [5.41, 5.74) is 6.66. The van der Waals surface area contributed by atoms with Crippen LogP contribution in [0.15, 0.2) is 12.1 Å². The second-order valence-corrected chi connectivity index (χ2v) is 5.07. The van der Waals surface area contributed by atoms with Gasteiger partial charge >= 0.3 is 0 Å². The lowest BCUT2D eigenvalue weighted by atomic mass is 10.3. The zero-order chi connectivity index (χ0) is 9.42. The highest BCUT2D eigenvalue weighted by atomic mass is 127. The molecule has 0 unspecified atom stereocenters. The lowest BCUT2D eigenvalue weighted by molar-refractivity contribution is 1.11. The van der Waals surface area contributed by atoms with Gasteiger partial charge in [-0.15, -0.1) is 11.3 Å². The van der Waals surface area contributed by atoms with E-state index in [0.717, 1.165) is 9.26 Å². The number of anilines is 1. The zero-order valence-electron chi connectivity index (χ0n) is 6.97. The fourth-order valence-corrected chi connectivity index (χ4v) is 2.66. The van der Waals surface area contributed by atoms with E-state index in [2.05, 4.69) is 51.8 Å². The molecule has 3 nitrogen and oxygen atoms in total. The Bertz CT molecular complexity index is 432. The zero-order valence-corrected chi connectivity index (χ0v) is 9.94. The van der Waals surface area contributed by atoms with Gasteiger partial charge in [0.05, 0.1) is 14.1 Å². The number of aromatic nitrogens is 2. The quantitative estimate of drug-likeness (QED) is 0.796. The molecule has 0 spiro atoms. The number of nitrogens with zero attached hydrogens (tertiary/aromatic N) is 1. The van der Waals surface area contributed by atoms with Crippen molar-refractivity contribution < 1.29 is 0 Å². The van der Waals surface area contributed by atoms with Crippen LogP contribution in [0.3, 0.4) is 0 Å². The fourth-order valence-electron chi connectivity index (χ4n) is 1.07. The first-order chi connectivity index (χ1) is 6.18. The average molecular weight is 305 g/mol. The number of halogens is 1. The van der Waals surface area contributed by atoms with E-state index < -0.39 is 0 Å². The maximum Gasteiger partial charge on any atom is 0.159 e. The topological polar surface area (TPSA) is 54.7 Å². The van der Waals surface area contributed by atoms with Crippen molar-refractivity contribution in [3.63, 3.8) is 0 Å². The highest BCUT2D eigenvalue weighted by molar-refractivity contribution is 14.1. The van der Waals surface area contributed by atoms with E-state index >= 15 is 0 Å². The highest BCUT2D eigenvalue weighted by Crippen LogP contribution is 2.31. The normalized spacial score (nSPS) is 10.6. The van der Waals surface area contributed by atoms with Gasteiger partial charge in [0.1, 0.15) is 0 Å². The second-order valence-electron chi connectivity index (χ2n) is 2.71. The molecule has 0 saturated heterocycles. The van der Waals surface area contributed by atoms with Crippen LogP contribution in [0, 0.1) is 10.5 Å². The largest absolute Gasteiger partial charge is 0.381 e. The molecular formula is C8H8IN3S. The van der Waals surface area contributed by atoms with Crippen molar-refractivity contribution in [1.29, 1.82) is 0 Å². The molecule has 0 atom stereocenters. The van der Waals surface area contributed by atoms with E-state index in [1.54, 1.807) is 11.3 Å². The van der Waals surface area contributed by atoms with Gasteiger partial charge in [-0.2, -0.15) is 5.10 Å². The van der Waals surface area contributed by atoms with Crippen LogP contribution in [-0.2, 0) is 0 Å². The SMILES string of the molecule is Cc1ccc(-c2[nH]nc(N)c2I)s1. The number of hydrogen-bond donors (Lipinski definition) is 2. The van der Waals surface area contributed by atoms with E-state index in [1.807, 2.05) is 0 Å². The van der Waals surface area contributed by atoms with E-state index in [-0.39, 0.29) is 0 Å². The minimum Gasteiger partial charge on any atom is -0.381 e. The number of nitrogens with two attached hydrogens (primary N) is 1. The lowest BCUT2D eigenvalue weighted by Crippen LogP contribution is -1.85. The molecule has 68 valence electrons. The first kappa shape index (κ1) is 9.01. The van der Waals surface area contributed by atoms with Crippen molar-refractivity contribution in [3.05, 3.63) is 20.6 Å². The van der Waals surface area contributed by atoms with Gasteiger partial charge in [-0.05, 0) is 41.6 Å². The molecule has 0 aliphatic carbocycles. The Balaban J connectivity index is 2.52. The summed E-state index contributed by atoms with van der Waals surface area (Å²) in [7, 11) is 0. The molecule has 0 saturated carbocycles. The van der Waals surface area contributed by atoms with Gasteiger partial charge in [-0.1, -0.05) is 0 Å². The third kappa shape index (κ3) is 1.58. The average Bonchev–Trinajstić information content (AvgIpc) is 2.62. The van der Waals surface area contributed by atoms with Gasteiger partial charge in [0.2, 0.25) is 0 Å². The Morgan fingerprint density at radius 1 is 1.54 bits per heavy atom. The number of nitrogens with one attached hydrogen (secondary N) is 1. The third-order valence-corrected chi connectivity index (χ3v) is 3.83. The van der Waals surface area contributed by atoms with Crippen LogP contribution in [0.5, 0.6) is 0 Å². The number of rotatable bonds is 1. The number of hydrogen-bond acceptors (Lipinski definition) is 3. The van der Waals surface area contributed by atoms with Gasteiger partial charge in [0.15, 0.2) is 5.82 Å². The van der Waals surface area contributed by atoms with Crippen LogP contribution in [0.25, 0.3) is 10.6 Å². The van der Waals surface area contributed by atoms with Crippen molar-refractivity contribution in [2.45, 2.75) is 6.92 Å². The van der Waals surface area contributed by atoms with Gasteiger partial charge in [0, 0.05) is 4.88 Å². The molecule has 3 N–H and O–H groups in total. The van der Waals surface area contributed by atoms with E-state index in [4.69, 9.17) is 5.73 Å². The molecule has 2 heterocycles. The molecule has 0 radical (unpaired) electrons. The summed E-state index contributed by atoms with van der Waals surface area (Å²) in [5.74, 6) is 0.571. The summed E-state index contributed by atoms with van der Waals surface area (Å²) in [6.07, 6.45) is 0. The van der Waals surface area contributed by atoms with Crippen LogP contribution in [-0.4, -0.2) is 10.2 Å². The molecule has 13 heavy (non-hydrogen) atoms. The molecule has 5 heteroatoms. The number of aromatic amines is 1. The van der Waals surface area contributed by atoms with Crippen LogP contribution in [0.2, 0.25) is 0 Å². The van der Waals surface area contributed by atoms with Crippen molar-refractivity contribution >= 4 is 39.7 Å². The molecule has 0 bridgehead atoms. The lowest BCUT2D eigenvalue weighted by Gasteiger charge is -1.91. The smallest absolute Gasteiger partial charge is 0.159 e. The minimum atomic E-state index is 0.571. The Labute approximate surface area is 93.5 Å². The van der Waals surface area contributed by atoms with Crippen molar-refractivity contribution in [2.24, 2.45) is 0 Å². The predicted octanol–water partition coefficient (Wildman–Crippen LogP) is 2.63. The molecule has 2 aromatic heterocycles. The third-order valence-electron chi connectivity index (χ3n) is 1.72. The molecule has 2 rings (SSSR count). The Morgan fingerprint density at radius 2 is 2.31 bits per heavy atom. The summed E-state index contributed by atoms with van der Waals surface area (Å²) in [6, 6.07) is 4.17. The monoisotopic (exact) mass is 305 g/mol. The van der Waals surface area contributed by atoms with Crippen LogP contribution in [0.1, 0.15) is 4.88 Å². The van der Waals surface area contributed by atoms with Crippen molar-refractivity contribution in [3.8, 4) is 10.6 Å².